The lowest BCUT2D eigenvalue weighted by atomic mass is 10.1. The molecule has 1 atom stereocenters. The molecule has 0 fully saturated rings. The van der Waals surface area contributed by atoms with E-state index in [0.29, 0.717) is 0 Å². The van der Waals surface area contributed by atoms with Crippen molar-refractivity contribution in [2.45, 2.75) is 39.7 Å². The van der Waals surface area contributed by atoms with Crippen LogP contribution < -0.4 is 5.32 Å². The maximum absolute atomic E-state index is 11.2. The summed E-state index contributed by atoms with van der Waals surface area (Å²) in [4.78, 5) is 33.0. The Morgan fingerprint density at radius 3 is 2.13 bits per heavy atom. The number of ketones is 1. The average Bonchev–Trinajstić information content (AvgIpc) is 2.15. The van der Waals surface area contributed by atoms with Crippen molar-refractivity contribution in [3.05, 3.63) is 0 Å². The van der Waals surface area contributed by atoms with Crippen molar-refractivity contribution in [3.8, 4) is 0 Å². The minimum Gasteiger partial charge on any atom is -0.480 e. The molecule has 0 spiro atoms. The Morgan fingerprint density at radius 1 is 1.27 bits per heavy atom. The third-order valence-electron chi connectivity index (χ3n) is 1.97. The van der Waals surface area contributed by atoms with Gasteiger partial charge in [0.05, 0.1) is 0 Å². The molecule has 0 aromatic carbocycles. The largest absolute Gasteiger partial charge is 0.480 e. The fourth-order valence-electron chi connectivity index (χ4n) is 0.910. The van der Waals surface area contributed by atoms with Gasteiger partial charge in [-0.1, -0.05) is 20.8 Å². The third kappa shape index (κ3) is 5.15. The molecule has 0 aromatic rings. The maximum atomic E-state index is 11.2. The van der Waals surface area contributed by atoms with E-state index in [-0.39, 0.29) is 30.4 Å². The van der Waals surface area contributed by atoms with Crippen molar-refractivity contribution in [2.75, 3.05) is 0 Å². The summed E-state index contributed by atoms with van der Waals surface area (Å²) in [6.07, 6.45) is 0.131. The fraction of sp³-hybridized carbons (Fsp3) is 0.700. The Kier molecular flexibility index (Phi) is 5.59. The topological polar surface area (TPSA) is 83.5 Å². The van der Waals surface area contributed by atoms with Crippen LogP contribution in [0.4, 0.5) is 0 Å². The predicted molar refractivity (Wildman–Crippen MR) is 54.3 cm³/mol. The van der Waals surface area contributed by atoms with Gasteiger partial charge in [-0.05, 0) is 0 Å². The number of rotatable bonds is 6. The van der Waals surface area contributed by atoms with E-state index in [2.05, 4.69) is 5.32 Å². The minimum atomic E-state index is -1.18. The van der Waals surface area contributed by atoms with Gasteiger partial charge in [0.2, 0.25) is 5.91 Å². The number of carbonyl (C=O) groups excluding carboxylic acids is 2. The lowest BCUT2D eigenvalue weighted by molar-refractivity contribution is -0.143. The number of carboxylic acid groups (broad SMARTS) is 1. The normalized spacial score (nSPS) is 12.3. The highest BCUT2D eigenvalue weighted by Gasteiger charge is 2.23. The predicted octanol–water partition coefficient (Wildman–Crippen LogP) is 0.581. The number of hydrogen-bond donors (Lipinski definition) is 2. The standard InChI is InChI=1S/C10H17NO4/c1-4-7(12)5-8(10(14)15)11-9(13)6(2)3/h6,8H,4-5H2,1-3H3,(H,11,13)(H,14,15). The summed E-state index contributed by atoms with van der Waals surface area (Å²) < 4.78 is 0. The Hall–Kier alpha value is -1.39. The van der Waals surface area contributed by atoms with Crippen LogP contribution in [0.5, 0.6) is 0 Å². The molecule has 0 aliphatic rings. The quantitative estimate of drug-likeness (QED) is 0.679. The van der Waals surface area contributed by atoms with E-state index >= 15 is 0 Å². The van der Waals surface area contributed by atoms with Crippen molar-refractivity contribution in [1.82, 2.24) is 5.32 Å². The van der Waals surface area contributed by atoms with Gasteiger partial charge >= 0.3 is 5.97 Å². The summed E-state index contributed by atoms with van der Waals surface area (Å²) in [5, 5.41) is 11.1. The number of aliphatic carboxylic acids is 1. The van der Waals surface area contributed by atoms with Gasteiger partial charge in [0.15, 0.2) is 0 Å². The van der Waals surface area contributed by atoms with Gasteiger partial charge in [-0.2, -0.15) is 0 Å². The first-order valence-corrected chi connectivity index (χ1v) is 4.93. The fourth-order valence-corrected chi connectivity index (χ4v) is 0.910. The molecule has 5 heteroatoms. The molecule has 0 radical (unpaired) electrons. The third-order valence-corrected chi connectivity index (χ3v) is 1.97. The molecule has 15 heavy (non-hydrogen) atoms. The zero-order valence-corrected chi connectivity index (χ0v) is 9.24. The summed E-state index contributed by atoms with van der Waals surface area (Å²) in [5.41, 5.74) is 0. The second kappa shape index (κ2) is 6.16. The van der Waals surface area contributed by atoms with Crippen molar-refractivity contribution in [2.24, 2.45) is 5.92 Å². The van der Waals surface area contributed by atoms with Crippen molar-refractivity contribution >= 4 is 17.7 Å². The van der Waals surface area contributed by atoms with Crippen LogP contribution in [0.1, 0.15) is 33.6 Å². The minimum absolute atomic E-state index is 0.149. The number of Topliss-reactive ketones (excluding diaryl/α,β-unsaturated/α-hetero) is 1. The highest BCUT2D eigenvalue weighted by Crippen LogP contribution is 2.00. The molecule has 1 amide bonds. The Balaban J connectivity index is 4.35. The van der Waals surface area contributed by atoms with Crippen LogP contribution in [0.3, 0.4) is 0 Å². The summed E-state index contributed by atoms with van der Waals surface area (Å²) in [6, 6.07) is -1.10. The van der Waals surface area contributed by atoms with Crippen LogP contribution in [0, 0.1) is 5.92 Å². The van der Waals surface area contributed by atoms with Crippen LogP contribution in [0.15, 0.2) is 0 Å². The summed E-state index contributed by atoms with van der Waals surface area (Å²) in [5.74, 6) is -1.99. The highest BCUT2D eigenvalue weighted by molar-refractivity contribution is 5.89. The van der Waals surface area contributed by atoms with Gasteiger partial charge in [0.1, 0.15) is 11.8 Å². The highest BCUT2D eigenvalue weighted by atomic mass is 16.4. The molecule has 0 saturated heterocycles. The number of hydrogen-bond acceptors (Lipinski definition) is 3. The second-order valence-electron chi connectivity index (χ2n) is 3.65. The number of carboxylic acids is 1. The van der Waals surface area contributed by atoms with E-state index in [1.54, 1.807) is 20.8 Å². The molecule has 2 N–H and O–H groups in total. The summed E-state index contributed by atoms with van der Waals surface area (Å²) in [6.45, 7) is 4.98. The molecule has 5 nitrogen and oxygen atoms in total. The van der Waals surface area contributed by atoms with Gasteiger partial charge in [0.25, 0.3) is 0 Å². The van der Waals surface area contributed by atoms with Gasteiger partial charge < -0.3 is 10.4 Å². The molecule has 0 heterocycles. The molecular weight excluding hydrogens is 198 g/mol. The van der Waals surface area contributed by atoms with Crippen molar-refractivity contribution in [1.29, 1.82) is 0 Å². The SMILES string of the molecule is CCC(=O)CC(NC(=O)C(C)C)C(=O)O. The molecule has 1 unspecified atom stereocenters. The van der Waals surface area contributed by atoms with E-state index in [1.165, 1.54) is 0 Å². The second-order valence-corrected chi connectivity index (χ2v) is 3.65. The maximum Gasteiger partial charge on any atom is 0.326 e. The Labute approximate surface area is 88.9 Å². The van der Waals surface area contributed by atoms with E-state index in [0.717, 1.165) is 0 Å². The number of amides is 1. The van der Waals surface area contributed by atoms with E-state index in [9.17, 15) is 14.4 Å². The average molecular weight is 215 g/mol. The molecule has 0 saturated carbocycles. The Morgan fingerprint density at radius 2 is 1.80 bits per heavy atom. The summed E-state index contributed by atoms with van der Waals surface area (Å²) in [7, 11) is 0. The molecule has 86 valence electrons. The van der Waals surface area contributed by atoms with Crippen LogP contribution in [-0.4, -0.2) is 28.8 Å². The van der Waals surface area contributed by atoms with Crippen LogP contribution in [-0.2, 0) is 14.4 Å². The number of nitrogens with one attached hydrogen (secondary N) is 1. The van der Waals surface area contributed by atoms with Crippen molar-refractivity contribution < 1.29 is 19.5 Å². The lowest BCUT2D eigenvalue weighted by Gasteiger charge is -2.14. The smallest absolute Gasteiger partial charge is 0.326 e. The van der Waals surface area contributed by atoms with Crippen LogP contribution in [0.25, 0.3) is 0 Å². The lowest BCUT2D eigenvalue weighted by Crippen LogP contribution is -2.43. The first-order chi connectivity index (χ1) is 6.88. The van der Waals surface area contributed by atoms with Crippen LogP contribution >= 0.6 is 0 Å². The Bertz CT molecular complexity index is 260. The zero-order chi connectivity index (χ0) is 12.0. The molecule has 0 aliphatic carbocycles. The van der Waals surface area contributed by atoms with Gasteiger partial charge in [-0.15, -0.1) is 0 Å². The van der Waals surface area contributed by atoms with E-state index in [1.807, 2.05) is 0 Å². The molecule has 0 bridgehead atoms. The first kappa shape index (κ1) is 13.6. The van der Waals surface area contributed by atoms with E-state index < -0.39 is 12.0 Å². The monoisotopic (exact) mass is 215 g/mol. The molecular formula is C10H17NO4. The number of carbonyl (C=O) groups is 3. The van der Waals surface area contributed by atoms with E-state index in [4.69, 9.17) is 5.11 Å². The van der Waals surface area contributed by atoms with Crippen molar-refractivity contribution in [3.63, 3.8) is 0 Å². The molecule has 0 aromatic heterocycles. The summed E-state index contributed by atoms with van der Waals surface area (Å²) >= 11 is 0. The van der Waals surface area contributed by atoms with Gasteiger partial charge in [0, 0.05) is 18.8 Å². The van der Waals surface area contributed by atoms with Crippen LogP contribution in [0.2, 0.25) is 0 Å². The first-order valence-electron chi connectivity index (χ1n) is 4.93. The zero-order valence-electron chi connectivity index (χ0n) is 9.24. The van der Waals surface area contributed by atoms with Gasteiger partial charge in [-0.3, -0.25) is 9.59 Å². The van der Waals surface area contributed by atoms with Gasteiger partial charge in [-0.25, -0.2) is 4.79 Å². The molecule has 0 aliphatic heterocycles. The molecule has 0 rings (SSSR count).